The summed E-state index contributed by atoms with van der Waals surface area (Å²) in [5.41, 5.74) is 7.49. The van der Waals surface area contributed by atoms with Gasteiger partial charge in [-0.15, -0.1) is 0 Å². The lowest BCUT2D eigenvalue weighted by Gasteiger charge is -2.39. The zero-order valence-electron chi connectivity index (χ0n) is 36.2. The van der Waals surface area contributed by atoms with Crippen molar-refractivity contribution >= 4 is 65.5 Å². The number of benzene rings is 3. The van der Waals surface area contributed by atoms with Gasteiger partial charge in [0.1, 0.15) is 17.1 Å². The maximum Gasteiger partial charge on any atom is 0.268 e. The highest BCUT2D eigenvalue weighted by molar-refractivity contribution is 7.90. The number of nitrogens with zero attached hydrogens (tertiary/aromatic N) is 3. The second-order valence-electron chi connectivity index (χ2n) is 18.1. The molecule has 0 spiro atoms. The van der Waals surface area contributed by atoms with Crippen molar-refractivity contribution in [3.63, 3.8) is 0 Å². The van der Waals surface area contributed by atoms with Crippen molar-refractivity contribution < 1.29 is 26.4 Å². The third kappa shape index (κ3) is 11.1. The third-order valence-corrected chi connectivity index (χ3v) is 14.9. The van der Waals surface area contributed by atoms with Crippen LogP contribution in [-0.2, 0) is 20.0 Å². The Morgan fingerprint density at radius 2 is 1.65 bits per heavy atom. The number of halogens is 1. The number of amides is 1. The average Bonchev–Trinajstić information content (AvgIpc) is 3.71. The molecular formula is C47H56ClN7O6S2. The Kier molecular flexibility index (Phi) is 13.0. The van der Waals surface area contributed by atoms with Gasteiger partial charge in [-0.05, 0) is 129 Å². The molecule has 13 nitrogen and oxygen atoms in total. The molecule has 1 aliphatic heterocycles. The fourth-order valence-corrected chi connectivity index (χ4v) is 11.1. The van der Waals surface area contributed by atoms with Crippen LogP contribution in [0.15, 0.2) is 95.7 Å². The monoisotopic (exact) mass is 913 g/mol. The molecule has 5 aromatic rings. The number of sulfonamides is 2. The maximum absolute atomic E-state index is 14.0. The van der Waals surface area contributed by atoms with Gasteiger partial charge < -0.3 is 19.9 Å². The summed E-state index contributed by atoms with van der Waals surface area (Å²) in [7, 11) is -7.56. The van der Waals surface area contributed by atoms with Crippen LogP contribution in [0.25, 0.3) is 16.6 Å². The number of aromatic nitrogens is 2. The Bertz CT molecular complexity index is 2740. The van der Waals surface area contributed by atoms with E-state index in [1.165, 1.54) is 35.1 Å². The van der Waals surface area contributed by atoms with Gasteiger partial charge in [0.25, 0.3) is 15.9 Å². The van der Waals surface area contributed by atoms with Crippen molar-refractivity contribution in [3.8, 4) is 11.5 Å². The van der Waals surface area contributed by atoms with Gasteiger partial charge in [-0.25, -0.2) is 31.3 Å². The average molecular weight is 915 g/mol. The number of ether oxygens (including phenoxy) is 1. The minimum Gasteiger partial charge on any atom is -0.455 e. The first-order chi connectivity index (χ1) is 30.0. The molecule has 1 saturated heterocycles. The number of pyridine rings is 1. The summed E-state index contributed by atoms with van der Waals surface area (Å²) >= 11 is 6.25. The number of carbonyl (C=O) groups is 1. The minimum absolute atomic E-state index is 0.0491. The smallest absolute Gasteiger partial charge is 0.268 e. The molecule has 16 heteroatoms. The van der Waals surface area contributed by atoms with Crippen LogP contribution in [0.4, 0.5) is 11.4 Å². The highest BCUT2D eigenvalue weighted by Gasteiger charge is 2.30. The van der Waals surface area contributed by atoms with Crippen LogP contribution in [-0.4, -0.2) is 88.7 Å². The summed E-state index contributed by atoms with van der Waals surface area (Å²) < 4.78 is 62.2. The van der Waals surface area contributed by atoms with Crippen LogP contribution >= 0.6 is 11.6 Å². The van der Waals surface area contributed by atoms with Crippen LogP contribution in [0.1, 0.15) is 80.3 Å². The fraction of sp³-hybridized carbons (Fsp3) is 0.404. The highest BCUT2D eigenvalue weighted by atomic mass is 35.5. The number of carbonyl (C=O) groups excluding carboxylic acids is 1. The SMILES string of the molecule is Cc1cc(S(=O)(=O)NC(=O)c2ccc(N3CCN(CC4=C(c5ccc(Cl)cc5)CC(C)(C)CC4)CC3)cc2Oc2cnc3[nH]ccc3c2)ccc1N[C@H]1CC[C@H](NS(C)(=O)=O)CC1. The number of aromatic amines is 1. The molecule has 63 heavy (non-hydrogen) atoms. The highest BCUT2D eigenvalue weighted by Crippen LogP contribution is 2.43. The number of hydrogen-bond donors (Lipinski definition) is 4. The Morgan fingerprint density at radius 3 is 2.37 bits per heavy atom. The first-order valence-corrected chi connectivity index (χ1v) is 25.3. The van der Waals surface area contributed by atoms with Gasteiger partial charge in [-0.2, -0.15) is 0 Å². The lowest BCUT2D eigenvalue weighted by Crippen LogP contribution is -2.47. The Hall–Kier alpha value is -4.93. The van der Waals surface area contributed by atoms with Gasteiger partial charge in [0.15, 0.2) is 0 Å². The van der Waals surface area contributed by atoms with E-state index in [9.17, 15) is 21.6 Å². The number of H-pyrrole nitrogens is 1. The van der Waals surface area contributed by atoms with E-state index in [0.717, 1.165) is 86.6 Å². The van der Waals surface area contributed by atoms with Gasteiger partial charge in [-0.1, -0.05) is 43.2 Å². The van der Waals surface area contributed by atoms with Crippen molar-refractivity contribution in [2.24, 2.45) is 5.41 Å². The van der Waals surface area contributed by atoms with Gasteiger partial charge >= 0.3 is 0 Å². The summed E-state index contributed by atoms with van der Waals surface area (Å²) in [5.74, 6) is -0.212. The molecule has 2 aromatic heterocycles. The third-order valence-electron chi connectivity index (χ3n) is 12.5. The van der Waals surface area contributed by atoms with Crippen LogP contribution in [0, 0.1) is 12.3 Å². The summed E-state index contributed by atoms with van der Waals surface area (Å²) in [5, 5.41) is 5.05. The zero-order valence-corrected chi connectivity index (χ0v) is 38.6. The van der Waals surface area contributed by atoms with Gasteiger partial charge in [0.2, 0.25) is 10.0 Å². The van der Waals surface area contributed by atoms with Gasteiger partial charge in [-0.3, -0.25) is 9.69 Å². The molecule has 2 fully saturated rings. The topological polar surface area (TPSA) is 166 Å². The maximum atomic E-state index is 14.0. The van der Waals surface area contributed by atoms with Crippen molar-refractivity contribution in [1.82, 2.24) is 24.3 Å². The lowest BCUT2D eigenvalue weighted by atomic mass is 9.72. The molecule has 1 saturated carbocycles. The Balaban J connectivity index is 0.968. The molecule has 0 atom stereocenters. The first-order valence-electron chi connectivity index (χ1n) is 21.6. The molecule has 3 heterocycles. The first kappa shape index (κ1) is 44.7. The largest absolute Gasteiger partial charge is 0.455 e. The molecule has 2 aliphatic carbocycles. The standard InChI is InChI=1S/C47H56ClN7O6S2/c1-31-25-40(14-16-43(31)51-36-9-11-37(12-10-36)52-62(4,57)58)63(59,60)53-46(56)41-15-13-38(27-44(41)61-39-26-33-18-20-49-45(33)50-29-39)55-23-21-54(22-24-55)30-34-17-19-47(2,3)28-42(34)32-5-7-35(48)8-6-32/h5-8,13-16,18,20,25-27,29,36-37,51-52H,9-12,17,19,21-24,28,30H2,1-4H3,(H,49,50)(H,53,56)/t36-,37-. The number of nitrogens with one attached hydrogen (secondary N) is 4. The van der Waals surface area contributed by atoms with Crippen molar-refractivity contribution in [2.45, 2.75) is 82.7 Å². The second-order valence-corrected chi connectivity index (χ2v) is 22.0. The van der Waals surface area contributed by atoms with Crippen LogP contribution in [0.3, 0.4) is 0 Å². The number of rotatable bonds is 13. The number of fused-ring (bicyclic) bond motifs is 1. The van der Waals surface area contributed by atoms with Crippen molar-refractivity contribution in [3.05, 3.63) is 112 Å². The number of aryl methyl sites for hydroxylation is 1. The molecule has 8 rings (SSSR count). The van der Waals surface area contributed by atoms with Crippen LogP contribution in [0.2, 0.25) is 5.02 Å². The quantitative estimate of drug-likeness (QED) is 0.0900. The van der Waals surface area contributed by atoms with E-state index >= 15 is 0 Å². The van der Waals surface area contributed by atoms with E-state index < -0.39 is 26.0 Å². The minimum atomic E-state index is -4.28. The molecule has 3 aromatic carbocycles. The zero-order chi connectivity index (χ0) is 44.5. The normalized spacial score (nSPS) is 19.9. The van der Waals surface area contributed by atoms with E-state index in [0.29, 0.717) is 29.8 Å². The van der Waals surface area contributed by atoms with Crippen molar-refractivity contribution in [1.29, 1.82) is 0 Å². The van der Waals surface area contributed by atoms with Gasteiger partial charge in [0.05, 0.1) is 22.9 Å². The molecule has 4 N–H and O–H groups in total. The summed E-state index contributed by atoms with van der Waals surface area (Å²) in [6.07, 6.45) is 10.7. The molecule has 0 radical (unpaired) electrons. The molecule has 1 amide bonds. The number of allylic oxidation sites excluding steroid dienone is 1. The Morgan fingerprint density at radius 1 is 0.921 bits per heavy atom. The van der Waals surface area contributed by atoms with Crippen molar-refractivity contribution in [2.75, 3.05) is 49.2 Å². The summed E-state index contributed by atoms with van der Waals surface area (Å²) in [6.45, 7) is 10.6. The van der Waals surface area contributed by atoms with E-state index in [1.54, 1.807) is 30.6 Å². The number of piperazine rings is 1. The second kappa shape index (κ2) is 18.3. The fourth-order valence-electron chi connectivity index (χ4n) is 9.06. The molecule has 334 valence electrons. The number of hydrogen-bond acceptors (Lipinski definition) is 10. The van der Waals surface area contributed by atoms with E-state index in [1.807, 2.05) is 37.3 Å². The summed E-state index contributed by atoms with van der Waals surface area (Å²) in [4.78, 5) is 26.2. The van der Waals surface area contributed by atoms with Crippen LogP contribution < -0.4 is 24.4 Å². The molecular weight excluding hydrogens is 858 g/mol. The van der Waals surface area contributed by atoms with Crippen LogP contribution in [0.5, 0.6) is 11.5 Å². The predicted octanol–water partition coefficient (Wildman–Crippen LogP) is 8.49. The molecule has 3 aliphatic rings. The van der Waals surface area contributed by atoms with E-state index in [4.69, 9.17) is 16.3 Å². The Labute approximate surface area is 375 Å². The van der Waals surface area contributed by atoms with E-state index in [-0.39, 0.29) is 33.7 Å². The molecule has 0 bridgehead atoms. The lowest BCUT2D eigenvalue weighted by molar-refractivity contribution is 0.0979. The predicted molar refractivity (Wildman–Crippen MR) is 251 cm³/mol. The number of anilines is 2. The summed E-state index contributed by atoms with van der Waals surface area (Å²) in [6, 6.07) is 21.9. The van der Waals surface area contributed by atoms with Gasteiger partial charge in [0, 0.05) is 78.9 Å². The van der Waals surface area contributed by atoms with E-state index in [2.05, 4.69) is 60.5 Å². The molecule has 0 unspecified atom stereocenters.